The van der Waals surface area contributed by atoms with Crippen LogP contribution in [0.1, 0.15) is 51.0 Å². The quantitative estimate of drug-likeness (QED) is 0.771. The number of aryl methyl sites for hydroxylation is 1. The lowest BCUT2D eigenvalue weighted by molar-refractivity contribution is 0.444. The Hall–Kier alpha value is -1.57. The van der Waals surface area contributed by atoms with Gasteiger partial charge < -0.3 is 5.32 Å². The Morgan fingerprint density at radius 2 is 2.05 bits per heavy atom. The number of benzene rings is 1. The zero-order valence-electron chi connectivity index (χ0n) is 13.2. The number of fused-ring (bicyclic) bond motifs is 1. The van der Waals surface area contributed by atoms with E-state index < -0.39 is 0 Å². The Balaban J connectivity index is 1.80. The van der Waals surface area contributed by atoms with Crippen LogP contribution in [0.3, 0.4) is 0 Å². The molecule has 1 aromatic carbocycles. The highest BCUT2D eigenvalue weighted by atomic mass is 14.9. The number of aromatic nitrogens is 1. The standard InChI is InChI=1S/C19H26N2/c1-3-15-6-4-7-16(11-10-15)21-18-12-9-14(2)19-17(18)8-5-13-20-19/h5,8-9,12-13,15-16,21H,3-4,6-7,10-11H2,1-2H3. The van der Waals surface area contributed by atoms with Crippen LogP contribution in [0, 0.1) is 12.8 Å². The van der Waals surface area contributed by atoms with Crippen molar-refractivity contribution in [1.82, 2.24) is 4.98 Å². The molecule has 1 aliphatic carbocycles. The summed E-state index contributed by atoms with van der Waals surface area (Å²) in [6.07, 6.45) is 9.96. The summed E-state index contributed by atoms with van der Waals surface area (Å²) in [5.74, 6) is 0.938. The van der Waals surface area contributed by atoms with Crippen LogP contribution in [0.2, 0.25) is 0 Å². The Kier molecular flexibility index (Phi) is 4.42. The molecule has 0 bridgehead atoms. The van der Waals surface area contributed by atoms with Gasteiger partial charge in [0.15, 0.2) is 0 Å². The van der Waals surface area contributed by atoms with E-state index >= 15 is 0 Å². The molecule has 1 N–H and O–H groups in total. The molecule has 0 saturated heterocycles. The Bertz CT molecular complexity index is 606. The molecule has 1 fully saturated rings. The van der Waals surface area contributed by atoms with Gasteiger partial charge in [-0.1, -0.05) is 32.3 Å². The van der Waals surface area contributed by atoms with Gasteiger partial charge in [0.2, 0.25) is 0 Å². The summed E-state index contributed by atoms with van der Waals surface area (Å²) in [6, 6.07) is 9.24. The normalized spacial score (nSPS) is 23.0. The predicted octanol–water partition coefficient (Wildman–Crippen LogP) is 5.31. The zero-order valence-corrected chi connectivity index (χ0v) is 13.2. The largest absolute Gasteiger partial charge is 0.382 e. The summed E-state index contributed by atoms with van der Waals surface area (Å²) in [7, 11) is 0. The van der Waals surface area contributed by atoms with Crippen LogP contribution in [0.5, 0.6) is 0 Å². The van der Waals surface area contributed by atoms with Gasteiger partial charge >= 0.3 is 0 Å². The minimum atomic E-state index is 0.618. The summed E-state index contributed by atoms with van der Waals surface area (Å²) in [4.78, 5) is 4.54. The van der Waals surface area contributed by atoms with E-state index in [9.17, 15) is 0 Å². The lowest BCUT2D eigenvalue weighted by Crippen LogP contribution is -2.18. The molecule has 3 rings (SSSR count). The molecule has 21 heavy (non-hydrogen) atoms. The molecule has 2 unspecified atom stereocenters. The second-order valence-electron chi connectivity index (χ2n) is 6.45. The highest BCUT2D eigenvalue weighted by molar-refractivity contribution is 5.93. The van der Waals surface area contributed by atoms with Crippen molar-refractivity contribution in [1.29, 1.82) is 0 Å². The minimum absolute atomic E-state index is 0.618. The molecule has 0 radical (unpaired) electrons. The summed E-state index contributed by atoms with van der Waals surface area (Å²) in [5.41, 5.74) is 3.63. The molecule has 1 saturated carbocycles. The van der Waals surface area contributed by atoms with Gasteiger partial charge in [0.1, 0.15) is 0 Å². The van der Waals surface area contributed by atoms with Crippen LogP contribution in [0.15, 0.2) is 30.5 Å². The predicted molar refractivity (Wildman–Crippen MR) is 90.8 cm³/mol. The number of hydrogen-bond donors (Lipinski definition) is 1. The van der Waals surface area contributed by atoms with E-state index in [0.717, 1.165) is 11.4 Å². The number of rotatable bonds is 3. The van der Waals surface area contributed by atoms with E-state index in [2.05, 4.69) is 42.3 Å². The number of pyridine rings is 1. The highest BCUT2D eigenvalue weighted by Gasteiger charge is 2.18. The Morgan fingerprint density at radius 3 is 2.90 bits per heavy atom. The average Bonchev–Trinajstić information content (AvgIpc) is 2.75. The fraction of sp³-hybridized carbons (Fsp3) is 0.526. The molecule has 2 heteroatoms. The Morgan fingerprint density at radius 1 is 1.14 bits per heavy atom. The summed E-state index contributed by atoms with van der Waals surface area (Å²) < 4.78 is 0. The number of anilines is 1. The molecule has 0 spiro atoms. The fourth-order valence-corrected chi connectivity index (χ4v) is 3.59. The zero-order chi connectivity index (χ0) is 14.7. The first-order valence-corrected chi connectivity index (χ1v) is 8.38. The number of nitrogens with zero attached hydrogens (tertiary/aromatic N) is 1. The van der Waals surface area contributed by atoms with Gasteiger partial charge in [-0.2, -0.15) is 0 Å². The van der Waals surface area contributed by atoms with Gasteiger partial charge in [-0.15, -0.1) is 0 Å². The van der Waals surface area contributed by atoms with E-state index in [1.807, 2.05) is 12.3 Å². The molecule has 2 nitrogen and oxygen atoms in total. The maximum absolute atomic E-state index is 4.54. The maximum atomic E-state index is 4.54. The SMILES string of the molecule is CCC1CCCC(Nc2ccc(C)c3ncccc23)CC1. The third kappa shape index (κ3) is 3.20. The van der Waals surface area contributed by atoms with Gasteiger partial charge in [0.25, 0.3) is 0 Å². The topological polar surface area (TPSA) is 24.9 Å². The van der Waals surface area contributed by atoms with Crippen molar-refractivity contribution in [3.8, 4) is 0 Å². The van der Waals surface area contributed by atoms with Crippen molar-refractivity contribution < 1.29 is 0 Å². The van der Waals surface area contributed by atoms with Crippen molar-refractivity contribution in [2.75, 3.05) is 5.32 Å². The molecule has 0 amide bonds. The molecule has 0 aliphatic heterocycles. The second kappa shape index (κ2) is 6.46. The smallest absolute Gasteiger partial charge is 0.0751 e. The molecular weight excluding hydrogens is 256 g/mol. The van der Waals surface area contributed by atoms with Crippen LogP contribution in [0.4, 0.5) is 5.69 Å². The van der Waals surface area contributed by atoms with Crippen LogP contribution < -0.4 is 5.32 Å². The minimum Gasteiger partial charge on any atom is -0.382 e. The van der Waals surface area contributed by atoms with Crippen LogP contribution in [0.25, 0.3) is 10.9 Å². The van der Waals surface area contributed by atoms with Crippen molar-refractivity contribution >= 4 is 16.6 Å². The molecular formula is C19H26N2. The van der Waals surface area contributed by atoms with Crippen LogP contribution in [-0.4, -0.2) is 11.0 Å². The number of hydrogen-bond acceptors (Lipinski definition) is 2. The molecule has 1 aliphatic rings. The van der Waals surface area contributed by atoms with E-state index in [1.165, 1.54) is 55.2 Å². The van der Waals surface area contributed by atoms with Crippen molar-refractivity contribution in [3.05, 3.63) is 36.0 Å². The van der Waals surface area contributed by atoms with Gasteiger partial charge in [-0.25, -0.2) is 0 Å². The van der Waals surface area contributed by atoms with Gasteiger partial charge in [0, 0.05) is 23.3 Å². The molecule has 1 heterocycles. The Labute approximate surface area is 128 Å². The van der Waals surface area contributed by atoms with Crippen LogP contribution >= 0.6 is 0 Å². The van der Waals surface area contributed by atoms with E-state index in [4.69, 9.17) is 0 Å². The van der Waals surface area contributed by atoms with Crippen LogP contribution in [-0.2, 0) is 0 Å². The summed E-state index contributed by atoms with van der Waals surface area (Å²) in [5, 5.41) is 5.05. The maximum Gasteiger partial charge on any atom is 0.0751 e. The molecule has 2 atom stereocenters. The second-order valence-corrected chi connectivity index (χ2v) is 6.45. The molecule has 2 aromatic rings. The number of nitrogens with one attached hydrogen (secondary N) is 1. The third-order valence-corrected chi connectivity index (χ3v) is 5.00. The van der Waals surface area contributed by atoms with Gasteiger partial charge in [-0.05, 0) is 55.9 Å². The summed E-state index contributed by atoms with van der Waals surface area (Å²) in [6.45, 7) is 4.47. The van der Waals surface area contributed by atoms with E-state index in [-0.39, 0.29) is 0 Å². The van der Waals surface area contributed by atoms with Gasteiger partial charge in [0.05, 0.1) is 5.52 Å². The van der Waals surface area contributed by atoms with Gasteiger partial charge in [-0.3, -0.25) is 4.98 Å². The van der Waals surface area contributed by atoms with E-state index in [1.54, 1.807) is 0 Å². The lowest BCUT2D eigenvalue weighted by Gasteiger charge is -2.19. The lowest BCUT2D eigenvalue weighted by atomic mass is 9.97. The first-order valence-electron chi connectivity index (χ1n) is 8.38. The molecule has 1 aromatic heterocycles. The van der Waals surface area contributed by atoms with Crippen molar-refractivity contribution in [2.45, 2.75) is 58.4 Å². The van der Waals surface area contributed by atoms with Crippen molar-refractivity contribution in [2.24, 2.45) is 5.92 Å². The first kappa shape index (κ1) is 14.4. The molecule has 112 valence electrons. The van der Waals surface area contributed by atoms with Crippen molar-refractivity contribution in [3.63, 3.8) is 0 Å². The highest BCUT2D eigenvalue weighted by Crippen LogP contribution is 2.30. The van der Waals surface area contributed by atoms with E-state index in [0.29, 0.717) is 6.04 Å². The monoisotopic (exact) mass is 282 g/mol. The third-order valence-electron chi connectivity index (χ3n) is 5.00. The fourth-order valence-electron chi connectivity index (χ4n) is 3.59. The first-order chi connectivity index (χ1) is 10.3. The average molecular weight is 282 g/mol. The summed E-state index contributed by atoms with van der Waals surface area (Å²) >= 11 is 0.